The number of amides is 1. The third kappa shape index (κ3) is 7.18. The van der Waals surface area contributed by atoms with Crippen molar-refractivity contribution < 1.29 is 23.4 Å². The Morgan fingerprint density at radius 2 is 1.91 bits per heavy atom. The fourth-order valence-electron chi connectivity index (χ4n) is 3.99. The van der Waals surface area contributed by atoms with E-state index < -0.39 is 22.8 Å². The zero-order valence-corrected chi connectivity index (χ0v) is 20.2. The van der Waals surface area contributed by atoms with E-state index in [1.54, 1.807) is 4.90 Å². The second kappa shape index (κ2) is 10.7. The summed E-state index contributed by atoms with van der Waals surface area (Å²) < 4.78 is 34.9. The molecule has 188 valence electrons. The Hall–Kier alpha value is -2.63. The Balaban J connectivity index is 1.57. The summed E-state index contributed by atoms with van der Waals surface area (Å²) in [6.07, 6.45) is 2.47. The van der Waals surface area contributed by atoms with Gasteiger partial charge in [0.25, 0.3) is 0 Å². The van der Waals surface area contributed by atoms with Gasteiger partial charge in [0.05, 0.1) is 6.54 Å². The topological polar surface area (TPSA) is 87.0 Å². The van der Waals surface area contributed by atoms with Crippen LogP contribution in [0.5, 0.6) is 0 Å². The molecule has 2 aromatic rings. The molecular weight excluding hydrogens is 446 g/mol. The van der Waals surface area contributed by atoms with E-state index >= 15 is 0 Å². The molecule has 0 spiro atoms. The SMILES string of the molecule is CN(CCN1CCN(C(=O)OC(C)(C)C)CC1)CC(O)(Cn1cncn1)c1ccc(F)cc1F. The van der Waals surface area contributed by atoms with Crippen LogP contribution in [0.15, 0.2) is 30.9 Å². The van der Waals surface area contributed by atoms with Gasteiger partial charge in [-0.3, -0.25) is 4.90 Å². The molecule has 9 nitrogen and oxygen atoms in total. The van der Waals surface area contributed by atoms with E-state index in [1.807, 2.05) is 32.7 Å². The molecule has 0 bridgehead atoms. The highest BCUT2D eigenvalue weighted by atomic mass is 19.1. The van der Waals surface area contributed by atoms with Gasteiger partial charge in [-0.05, 0) is 33.9 Å². The van der Waals surface area contributed by atoms with Gasteiger partial charge in [-0.2, -0.15) is 5.10 Å². The largest absolute Gasteiger partial charge is 0.444 e. The number of nitrogens with zero attached hydrogens (tertiary/aromatic N) is 6. The van der Waals surface area contributed by atoms with Crippen LogP contribution < -0.4 is 0 Å². The van der Waals surface area contributed by atoms with E-state index in [-0.39, 0.29) is 24.7 Å². The van der Waals surface area contributed by atoms with Gasteiger partial charge in [0.1, 0.15) is 35.5 Å². The maximum absolute atomic E-state index is 14.6. The Morgan fingerprint density at radius 1 is 1.21 bits per heavy atom. The highest BCUT2D eigenvalue weighted by Crippen LogP contribution is 2.27. The number of hydrogen-bond donors (Lipinski definition) is 1. The average molecular weight is 481 g/mol. The normalized spacial score (nSPS) is 17.1. The third-order valence-electron chi connectivity index (χ3n) is 5.68. The first kappa shape index (κ1) is 26.0. The third-order valence-corrected chi connectivity index (χ3v) is 5.68. The predicted molar refractivity (Wildman–Crippen MR) is 122 cm³/mol. The molecule has 1 atom stereocenters. The summed E-state index contributed by atoms with van der Waals surface area (Å²) >= 11 is 0. The molecule has 1 fully saturated rings. The molecule has 11 heteroatoms. The van der Waals surface area contributed by atoms with Crippen molar-refractivity contribution in [3.8, 4) is 0 Å². The monoisotopic (exact) mass is 480 g/mol. The van der Waals surface area contributed by atoms with Crippen LogP contribution in [0.4, 0.5) is 13.6 Å². The summed E-state index contributed by atoms with van der Waals surface area (Å²) in [7, 11) is 1.84. The summed E-state index contributed by atoms with van der Waals surface area (Å²) in [5, 5.41) is 15.5. The van der Waals surface area contributed by atoms with Gasteiger partial charge < -0.3 is 19.6 Å². The number of benzene rings is 1. The lowest BCUT2D eigenvalue weighted by atomic mass is 9.92. The number of halogens is 2. The zero-order chi connectivity index (χ0) is 24.9. The molecule has 3 rings (SSSR count). The lowest BCUT2D eigenvalue weighted by Crippen LogP contribution is -2.51. The fourth-order valence-corrected chi connectivity index (χ4v) is 3.99. The minimum atomic E-state index is -1.64. The maximum atomic E-state index is 14.6. The van der Waals surface area contributed by atoms with Crippen LogP contribution in [-0.2, 0) is 16.9 Å². The molecule has 0 radical (unpaired) electrons. The van der Waals surface area contributed by atoms with E-state index in [9.17, 15) is 18.7 Å². The van der Waals surface area contributed by atoms with Gasteiger partial charge in [0.2, 0.25) is 0 Å². The van der Waals surface area contributed by atoms with E-state index in [2.05, 4.69) is 15.0 Å². The van der Waals surface area contributed by atoms with Crippen molar-refractivity contribution in [2.45, 2.75) is 38.5 Å². The first-order valence-corrected chi connectivity index (χ1v) is 11.3. The quantitative estimate of drug-likeness (QED) is 0.618. The van der Waals surface area contributed by atoms with Crippen LogP contribution in [0.3, 0.4) is 0 Å². The molecule has 1 aliphatic rings. The van der Waals surface area contributed by atoms with Crippen molar-refractivity contribution in [2.24, 2.45) is 0 Å². The van der Waals surface area contributed by atoms with E-state index in [0.29, 0.717) is 39.3 Å². The number of carbonyl (C=O) groups excluding carboxylic acids is 1. The lowest BCUT2D eigenvalue weighted by molar-refractivity contribution is -0.0186. The van der Waals surface area contributed by atoms with E-state index in [0.717, 1.165) is 12.1 Å². The number of piperazine rings is 1. The highest BCUT2D eigenvalue weighted by molar-refractivity contribution is 5.68. The minimum absolute atomic E-state index is 0.00206. The van der Waals surface area contributed by atoms with Gasteiger partial charge in [-0.15, -0.1) is 0 Å². The van der Waals surface area contributed by atoms with Crippen molar-refractivity contribution in [2.75, 3.05) is 52.9 Å². The molecule has 1 aromatic heterocycles. The first-order chi connectivity index (χ1) is 15.9. The molecule has 0 saturated carbocycles. The molecule has 1 aromatic carbocycles. The Kier molecular flexibility index (Phi) is 8.21. The number of aliphatic hydroxyl groups is 1. The summed E-state index contributed by atoms with van der Waals surface area (Å²) in [5.41, 5.74) is -2.17. The van der Waals surface area contributed by atoms with Crippen LogP contribution in [-0.4, -0.2) is 99.1 Å². The molecule has 1 aliphatic heterocycles. The van der Waals surface area contributed by atoms with Crippen LogP contribution in [0.2, 0.25) is 0 Å². The number of likely N-dealkylation sites (N-methyl/N-ethyl adjacent to an activating group) is 1. The first-order valence-electron chi connectivity index (χ1n) is 11.3. The van der Waals surface area contributed by atoms with Crippen LogP contribution in [0.25, 0.3) is 0 Å². The number of ether oxygens (including phenoxy) is 1. The predicted octanol–water partition coefficient (Wildman–Crippen LogP) is 1.93. The molecule has 1 unspecified atom stereocenters. The standard InChI is InChI=1S/C23H34F2N6O3/c1-22(2,3)34-21(32)30-11-9-29(10-12-30)8-7-28(4)14-23(33,15-31-17-26-16-27-31)19-6-5-18(24)13-20(19)25/h5-6,13,16-17,33H,7-12,14-15H2,1-4H3. The Labute approximate surface area is 198 Å². The minimum Gasteiger partial charge on any atom is -0.444 e. The van der Waals surface area contributed by atoms with Gasteiger partial charge in [0.15, 0.2) is 0 Å². The average Bonchev–Trinajstić information content (AvgIpc) is 3.23. The molecule has 0 aliphatic carbocycles. The van der Waals surface area contributed by atoms with Crippen LogP contribution >= 0.6 is 0 Å². The number of aromatic nitrogens is 3. The number of rotatable bonds is 8. The smallest absolute Gasteiger partial charge is 0.410 e. The Morgan fingerprint density at radius 3 is 2.50 bits per heavy atom. The van der Waals surface area contributed by atoms with Crippen LogP contribution in [0, 0.1) is 11.6 Å². The van der Waals surface area contributed by atoms with Gasteiger partial charge >= 0.3 is 6.09 Å². The second-order valence-electron chi connectivity index (χ2n) is 9.80. The van der Waals surface area contributed by atoms with Crippen molar-refractivity contribution in [1.29, 1.82) is 0 Å². The molecule has 1 saturated heterocycles. The summed E-state index contributed by atoms with van der Waals surface area (Å²) in [6.45, 7) is 9.51. The molecule has 1 amide bonds. The summed E-state index contributed by atoms with van der Waals surface area (Å²) in [6, 6.07) is 3.17. The van der Waals surface area contributed by atoms with Crippen molar-refractivity contribution in [1.82, 2.24) is 29.5 Å². The lowest BCUT2D eigenvalue weighted by Gasteiger charge is -2.37. The fraction of sp³-hybridized carbons (Fsp3) is 0.609. The van der Waals surface area contributed by atoms with Gasteiger partial charge in [0, 0.05) is 57.4 Å². The molecule has 2 heterocycles. The van der Waals surface area contributed by atoms with Gasteiger partial charge in [-0.25, -0.2) is 23.2 Å². The molecule has 1 N–H and O–H groups in total. The zero-order valence-electron chi connectivity index (χ0n) is 20.2. The Bertz CT molecular complexity index is 945. The summed E-state index contributed by atoms with van der Waals surface area (Å²) in [5.74, 6) is -1.52. The molecular formula is C23H34F2N6O3. The van der Waals surface area contributed by atoms with E-state index in [1.165, 1.54) is 23.4 Å². The van der Waals surface area contributed by atoms with Crippen molar-refractivity contribution in [3.63, 3.8) is 0 Å². The summed E-state index contributed by atoms with van der Waals surface area (Å²) in [4.78, 5) is 22.0. The van der Waals surface area contributed by atoms with Gasteiger partial charge in [-0.1, -0.05) is 6.07 Å². The number of carbonyl (C=O) groups is 1. The number of hydrogen-bond acceptors (Lipinski definition) is 7. The van der Waals surface area contributed by atoms with Crippen LogP contribution in [0.1, 0.15) is 26.3 Å². The highest BCUT2D eigenvalue weighted by Gasteiger charge is 2.35. The van der Waals surface area contributed by atoms with Crippen molar-refractivity contribution >= 4 is 6.09 Å². The maximum Gasteiger partial charge on any atom is 0.410 e. The second-order valence-corrected chi connectivity index (χ2v) is 9.80. The molecule has 34 heavy (non-hydrogen) atoms. The van der Waals surface area contributed by atoms with E-state index in [4.69, 9.17) is 4.74 Å². The van der Waals surface area contributed by atoms with Crippen molar-refractivity contribution in [3.05, 3.63) is 48.1 Å².